The standard InChI is InChI=1S/C26H29N7O6S2/c1-25(2)13-19-14-26(25,3)16-31(19)41(38,39)23-12-18(32(34)35)6-7-20(23)29-28-15-17-5-8-22(21(11-17)33(36)37)40-24-27-9-10-30(24)4/h5-12,15,19,29H,13-14,16H2,1-4H3/b28-15-/t19-,26-/m1/s1. The van der Waals surface area contributed by atoms with Gasteiger partial charge in [-0.3, -0.25) is 25.7 Å². The minimum atomic E-state index is -4.10. The fourth-order valence-electron chi connectivity index (χ4n) is 5.57. The van der Waals surface area contributed by atoms with E-state index in [2.05, 4.69) is 36.3 Å². The molecule has 1 saturated heterocycles. The third kappa shape index (κ3) is 5.20. The zero-order valence-electron chi connectivity index (χ0n) is 22.8. The second-order valence-corrected chi connectivity index (χ2v) is 14.1. The molecule has 0 radical (unpaired) electrons. The van der Waals surface area contributed by atoms with Crippen molar-refractivity contribution >= 4 is 45.1 Å². The van der Waals surface area contributed by atoms with Crippen LogP contribution in [0.5, 0.6) is 0 Å². The molecule has 2 fully saturated rings. The molecule has 13 nitrogen and oxygen atoms in total. The van der Waals surface area contributed by atoms with Gasteiger partial charge in [-0.2, -0.15) is 9.41 Å². The topological polar surface area (TPSA) is 166 Å². The summed E-state index contributed by atoms with van der Waals surface area (Å²) in [4.78, 5) is 26.4. The highest BCUT2D eigenvalue weighted by Gasteiger charge is 2.60. The van der Waals surface area contributed by atoms with Crippen molar-refractivity contribution in [3.63, 3.8) is 0 Å². The maximum Gasteiger partial charge on any atom is 0.283 e. The summed E-state index contributed by atoms with van der Waals surface area (Å²) in [6.07, 6.45) is 6.08. The molecule has 216 valence electrons. The van der Waals surface area contributed by atoms with Crippen LogP contribution in [0.4, 0.5) is 17.1 Å². The number of nitro groups is 2. The van der Waals surface area contributed by atoms with Gasteiger partial charge in [-0.15, -0.1) is 0 Å². The summed E-state index contributed by atoms with van der Waals surface area (Å²) in [6, 6.07) is 7.93. The average Bonchev–Trinajstić information content (AvgIpc) is 3.54. The summed E-state index contributed by atoms with van der Waals surface area (Å²) in [5, 5.41) is 27.9. The number of nitro benzene ring substituents is 2. The van der Waals surface area contributed by atoms with E-state index in [-0.39, 0.29) is 38.8 Å². The number of anilines is 1. The molecule has 1 saturated carbocycles. The summed E-state index contributed by atoms with van der Waals surface area (Å²) < 4.78 is 30.9. The van der Waals surface area contributed by atoms with E-state index in [0.29, 0.717) is 28.6 Å². The maximum absolute atomic E-state index is 13.8. The monoisotopic (exact) mass is 599 g/mol. The van der Waals surface area contributed by atoms with Gasteiger partial charge in [0.1, 0.15) is 4.90 Å². The predicted molar refractivity (Wildman–Crippen MR) is 154 cm³/mol. The fourth-order valence-corrected chi connectivity index (χ4v) is 8.37. The highest BCUT2D eigenvalue weighted by molar-refractivity contribution is 7.99. The number of non-ortho nitro benzene ring substituents is 1. The molecule has 5 rings (SSSR count). The van der Waals surface area contributed by atoms with Crippen molar-refractivity contribution in [3.8, 4) is 0 Å². The normalized spacial score (nSPS) is 21.9. The van der Waals surface area contributed by atoms with Crippen molar-refractivity contribution in [3.05, 3.63) is 74.6 Å². The van der Waals surface area contributed by atoms with Crippen LogP contribution >= 0.6 is 11.8 Å². The summed E-state index contributed by atoms with van der Waals surface area (Å²) in [7, 11) is -2.31. The molecular formula is C26H29N7O6S2. The molecule has 1 N–H and O–H groups in total. The van der Waals surface area contributed by atoms with Gasteiger partial charge in [0.25, 0.3) is 11.4 Å². The molecule has 2 atom stereocenters. The van der Waals surface area contributed by atoms with Gasteiger partial charge in [0.05, 0.1) is 26.6 Å². The summed E-state index contributed by atoms with van der Waals surface area (Å²) >= 11 is 1.15. The van der Waals surface area contributed by atoms with Crippen LogP contribution in [0, 0.1) is 31.1 Å². The Bertz CT molecular complexity index is 1680. The van der Waals surface area contributed by atoms with E-state index >= 15 is 0 Å². The number of benzene rings is 2. The van der Waals surface area contributed by atoms with Crippen molar-refractivity contribution in [2.75, 3.05) is 12.0 Å². The Balaban J connectivity index is 1.42. The first-order valence-electron chi connectivity index (χ1n) is 12.7. The molecule has 2 bridgehead atoms. The number of nitrogens with zero attached hydrogens (tertiary/aromatic N) is 6. The van der Waals surface area contributed by atoms with E-state index in [4.69, 9.17) is 0 Å². The molecule has 2 aliphatic rings. The van der Waals surface area contributed by atoms with Crippen LogP contribution in [0.25, 0.3) is 0 Å². The SMILES string of the molecule is Cn1ccnc1Sc1ccc(/C=N\Nc2ccc([N+](=O)[O-])cc2S(=O)(=O)N2C[C@@]3(C)C[C@H]2CC3(C)C)cc1[N+](=O)[O-]. The van der Waals surface area contributed by atoms with Crippen molar-refractivity contribution in [1.82, 2.24) is 13.9 Å². The first-order valence-corrected chi connectivity index (χ1v) is 15.0. The summed E-state index contributed by atoms with van der Waals surface area (Å²) in [6.45, 7) is 6.68. The zero-order chi connectivity index (χ0) is 29.7. The molecule has 0 amide bonds. The van der Waals surface area contributed by atoms with E-state index in [1.54, 1.807) is 36.1 Å². The molecule has 2 aromatic carbocycles. The number of imidazole rings is 1. The molecule has 2 heterocycles. The highest BCUT2D eigenvalue weighted by Crippen LogP contribution is 2.60. The molecule has 1 aliphatic carbocycles. The number of rotatable bonds is 9. The number of hydrogen-bond acceptors (Lipinski definition) is 10. The first-order chi connectivity index (χ1) is 19.2. The Labute approximate surface area is 241 Å². The van der Waals surface area contributed by atoms with Gasteiger partial charge in [0, 0.05) is 55.8 Å². The third-order valence-corrected chi connectivity index (χ3v) is 11.4. The Hall–Kier alpha value is -3.82. The number of sulfonamides is 1. The number of hydrogen-bond donors (Lipinski definition) is 1. The minimum Gasteiger partial charge on any atom is -0.329 e. The second-order valence-electron chi connectivity index (χ2n) is 11.3. The Kier molecular flexibility index (Phi) is 7.16. The maximum atomic E-state index is 13.8. The quantitative estimate of drug-likeness (QED) is 0.201. The van der Waals surface area contributed by atoms with Gasteiger partial charge in [0.2, 0.25) is 10.0 Å². The lowest BCUT2D eigenvalue weighted by Gasteiger charge is -2.42. The van der Waals surface area contributed by atoms with Crippen LogP contribution in [-0.4, -0.2) is 50.9 Å². The van der Waals surface area contributed by atoms with Gasteiger partial charge in [-0.05, 0) is 47.6 Å². The molecule has 3 aromatic rings. The molecule has 1 aromatic heterocycles. The Morgan fingerprint density at radius 1 is 1.12 bits per heavy atom. The average molecular weight is 600 g/mol. The number of nitrogens with one attached hydrogen (secondary N) is 1. The first kappa shape index (κ1) is 28.7. The number of aromatic nitrogens is 2. The Morgan fingerprint density at radius 2 is 1.88 bits per heavy atom. The van der Waals surface area contributed by atoms with Gasteiger partial charge in [0.15, 0.2) is 5.16 Å². The van der Waals surface area contributed by atoms with Gasteiger partial charge in [-0.1, -0.05) is 26.8 Å². The van der Waals surface area contributed by atoms with Crippen LogP contribution in [0.2, 0.25) is 0 Å². The van der Waals surface area contributed by atoms with Crippen molar-refractivity contribution in [2.45, 2.75) is 54.6 Å². The lowest BCUT2D eigenvalue weighted by Crippen LogP contribution is -2.46. The van der Waals surface area contributed by atoms with Crippen LogP contribution in [-0.2, 0) is 17.1 Å². The van der Waals surface area contributed by atoms with E-state index in [9.17, 15) is 28.6 Å². The smallest absolute Gasteiger partial charge is 0.283 e. The lowest BCUT2D eigenvalue weighted by atomic mass is 9.69. The van der Waals surface area contributed by atoms with Crippen LogP contribution in [0.1, 0.15) is 39.2 Å². The van der Waals surface area contributed by atoms with E-state index in [1.165, 1.54) is 28.7 Å². The number of piperidine rings is 1. The molecule has 0 spiro atoms. The van der Waals surface area contributed by atoms with E-state index < -0.39 is 19.9 Å². The van der Waals surface area contributed by atoms with Gasteiger partial charge in [-0.25, -0.2) is 13.4 Å². The van der Waals surface area contributed by atoms with Crippen molar-refractivity contribution in [1.29, 1.82) is 0 Å². The van der Waals surface area contributed by atoms with Crippen molar-refractivity contribution < 1.29 is 18.3 Å². The molecule has 15 heteroatoms. The fraction of sp³-hybridized carbons (Fsp3) is 0.385. The molecule has 1 aliphatic heterocycles. The Morgan fingerprint density at radius 3 is 2.46 bits per heavy atom. The van der Waals surface area contributed by atoms with Gasteiger partial charge >= 0.3 is 0 Å². The van der Waals surface area contributed by atoms with Crippen LogP contribution in [0.15, 0.2) is 68.8 Å². The van der Waals surface area contributed by atoms with Crippen LogP contribution < -0.4 is 5.43 Å². The number of fused-ring (bicyclic) bond motifs is 2. The third-order valence-electron chi connectivity index (χ3n) is 8.30. The molecule has 0 unspecified atom stereocenters. The highest BCUT2D eigenvalue weighted by atomic mass is 32.2. The lowest BCUT2D eigenvalue weighted by molar-refractivity contribution is -0.387. The summed E-state index contributed by atoms with van der Waals surface area (Å²) in [5.74, 6) is 0. The van der Waals surface area contributed by atoms with E-state index in [1.807, 2.05) is 0 Å². The predicted octanol–water partition coefficient (Wildman–Crippen LogP) is 5.03. The summed E-state index contributed by atoms with van der Waals surface area (Å²) in [5.41, 5.74) is 2.43. The second kappa shape index (κ2) is 10.2. The largest absolute Gasteiger partial charge is 0.329 e. The van der Waals surface area contributed by atoms with E-state index in [0.717, 1.165) is 24.2 Å². The van der Waals surface area contributed by atoms with Crippen molar-refractivity contribution in [2.24, 2.45) is 23.0 Å². The molecule has 41 heavy (non-hydrogen) atoms. The number of aryl methyl sites for hydroxylation is 1. The molecular weight excluding hydrogens is 570 g/mol. The van der Waals surface area contributed by atoms with Crippen LogP contribution in [0.3, 0.4) is 0 Å². The zero-order valence-corrected chi connectivity index (χ0v) is 24.5. The number of hydrazone groups is 1. The van der Waals surface area contributed by atoms with Gasteiger partial charge < -0.3 is 4.57 Å². The minimum absolute atomic E-state index is 0.0220.